The van der Waals surface area contributed by atoms with E-state index in [4.69, 9.17) is 16.3 Å². The standard InChI is InChI=1S/C24H25ClN2O4S/c1-16-8-9-20(12-17(16)2)27-32(29,30)21-10-11-23(18(3)13-21)31-15-24(28)26-14-19-6-4-5-7-22(19)25/h4-13,27H,14-15H2,1-3H3,(H,26,28). The van der Waals surface area contributed by atoms with Crippen molar-refractivity contribution in [3.63, 3.8) is 0 Å². The number of aryl methyl sites for hydroxylation is 3. The van der Waals surface area contributed by atoms with Crippen molar-refractivity contribution < 1.29 is 17.9 Å². The van der Waals surface area contributed by atoms with Crippen LogP contribution in [0.1, 0.15) is 22.3 Å². The molecule has 2 N–H and O–H groups in total. The van der Waals surface area contributed by atoms with Crippen LogP contribution in [0.5, 0.6) is 5.75 Å². The molecular weight excluding hydrogens is 448 g/mol. The van der Waals surface area contributed by atoms with E-state index in [1.54, 1.807) is 31.2 Å². The Balaban J connectivity index is 1.61. The summed E-state index contributed by atoms with van der Waals surface area (Å²) in [6.07, 6.45) is 0. The average molecular weight is 473 g/mol. The first-order chi connectivity index (χ1) is 15.2. The molecule has 6 nitrogen and oxygen atoms in total. The lowest BCUT2D eigenvalue weighted by Crippen LogP contribution is -2.28. The zero-order valence-corrected chi connectivity index (χ0v) is 19.7. The first kappa shape index (κ1) is 23.6. The Morgan fingerprint density at radius 1 is 0.938 bits per heavy atom. The molecule has 3 aromatic rings. The molecule has 0 aliphatic heterocycles. The van der Waals surface area contributed by atoms with Crippen molar-refractivity contribution in [3.05, 3.63) is 87.9 Å². The van der Waals surface area contributed by atoms with Gasteiger partial charge in [0.2, 0.25) is 0 Å². The van der Waals surface area contributed by atoms with Gasteiger partial charge in [-0.25, -0.2) is 8.42 Å². The van der Waals surface area contributed by atoms with Crippen molar-refractivity contribution in [2.75, 3.05) is 11.3 Å². The van der Waals surface area contributed by atoms with Gasteiger partial charge in [0.15, 0.2) is 6.61 Å². The topological polar surface area (TPSA) is 84.5 Å². The Kier molecular flexibility index (Phi) is 7.43. The van der Waals surface area contributed by atoms with Crippen LogP contribution in [0, 0.1) is 20.8 Å². The lowest BCUT2D eigenvalue weighted by Gasteiger charge is -2.13. The summed E-state index contributed by atoms with van der Waals surface area (Å²) in [5.74, 6) is 0.125. The molecule has 1 amide bonds. The first-order valence-electron chi connectivity index (χ1n) is 9.99. The van der Waals surface area contributed by atoms with Gasteiger partial charge in [-0.05, 0) is 79.4 Å². The number of ether oxygens (including phenoxy) is 1. The van der Waals surface area contributed by atoms with Crippen LogP contribution >= 0.6 is 11.6 Å². The number of halogens is 1. The van der Waals surface area contributed by atoms with Gasteiger partial charge in [0, 0.05) is 17.3 Å². The van der Waals surface area contributed by atoms with E-state index < -0.39 is 10.0 Å². The molecule has 32 heavy (non-hydrogen) atoms. The van der Waals surface area contributed by atoms with Crippen LogP contribution in [-0.2, 0) is 21.4 Å². The fourth-order valence-electron chi connectivity index (χ4n) is 3.00. The number of sulfonamides is 1. The molecule has 0 unspecified atom stereocenters. The number of nitrogens with one attached hydrogen (secondary N) is 2. The summed E-state index contributed by atoms with van der Waals surface area (Å²) >= 11 is 6.08. The van der Waals surface area contributed by atoms with Crippen LogP contribution in [0.2, 0.25) is 5.02 Å². The van der Waals surface area contributed by atoms with Gasteiger partial charge in [-0.1, -0.05) is 35.9 Å². The van der Waals surface area contributed by atoms with Crippen molar-refractivity contribution >= 4 is 33.2 Å². The largest absolute Gasteiger partial charge is 0.484 e. The highest BCUT2D eigenvalue weighted by molar-refractivity contribution is 7.92. The van der Waals surface area contributed by atoms with E-state index in [0.29, 0.717) is 28.6 Å². The van der Waals surface area contributed by atoms with Crippen molar-refractivity contribution in [3.8, 4) is 5.75 Å². The Bertz CT molecular complexity index is 1240. The van der Waals surface area contributed by atoms with Crippen molar-refractivity contribution in [1.82, 2.24) is 5.32 Å². The third-order valence-electron chi connectivity index (χ3n) is 5.01. The molecule has 168 valence electrons. The lowest BCUT2D eigenvalue weighted by atomic mass is 10.1. The summed E-state index contributed by atoms with van der Waals surface area (Å²) in [5, 5.41) is 3.33. The van der Waals surface area contributed by atoms with Gasteiger partial charge in [0.05, 0.1) is 4.90 Å². The molecule has 3 aromatic carbocycles. The van der Waals surface area contributed by atoms with Crippen molar-refractivity contribution in [2.24, 2.45) is 0 Å². The minimum atomic E-state index is -3.75. The molecule has 0 saturated carbocycles. The monoisotopic (exact) mass is 472 g/mol. The highest BCUT2D eigenvalue weighted by Gasteiger charge is 2.16. The number of carbonyl (C=O) groups is 1. The third kappa shape index (κ3) is 6.02. The fraction of sp³-hybridized carbons (Fsp3) is 0.208. The van der Waals surface area contributed by atoms with Gasteiger partial charge in [-0.3, -0.25) is 9.52 Å². The van der Waals surface area contributed by atoms with Crippen LogP contribution < -0.4 is 14.8 Å². The van der Waals surface area contributed by atoms with E-state index in [9.17, 15) is 13.2 Å². The molecule has 0 atom stereocenters. The number of rotatable bonds is 8. The Labute approximate surface area is 193 Å². The third-order valence-corrected chi connectivity index (χ3v) is 6.76. The number of anilines is 1. The second kappa shape index (κ2) is 10.1. The van der Waals surface area contributed by atoms with Crippen LogP contribution in [0.25, 0.3) is 0 Å². The highest BCUT2D eigenvalue weighted by atomic mass is 35.5. The highest BCUT2D eigenvalue weighted by Crippen LogP contribution is 2.24. The summed E-state index contributed by atoms with van der Waals surface area (Å²) in [6, 6.07) is 17.2. The molecule has 0 aromatic heterocycles. The van der Waals surface area contributed by atoms with Gasteiger partial charge >= 0.3 is 0 Å². The minimum absolute atomic E-state index is 0.115. The van der Waals surface area contributed by atoms with E-state index in [0.717, 1.165) is 16.7 Å². The number of hydrogen-bond donors (Lipinski definition) is 2. The maximum absolute atomic E-state index is 12.7. The molecule has 8 heteroatoms. The fourth-order valence-corrected chi connectivity index (χ4v) is 4.34. The molecule has 0 spiro atoms. The maximum atomic E-state index is 12.7. The predicted octanol–water partition coefficient (Wildman–Crippen LogP) is 4.76. The Hall–Kier alpha value is -3.03. The number of hydrogen-bond acceptors (Lipinski definition) is 4. The van der Waals surface area contributed by atoms with E-state index in [1.165, 1.54) is 12.1 Å². The van der Waals surface area contributed by atoms with Gasteiger partial charge in [-0.2, -0.15) is 0 Å². The molecule has 0 saturated heterocycles. The molecule has 0 fully saturated rings. The summed E-state index contributed by atoms with van der Waals surface area (Å²) in [7, 11) is -3.75. The van der Waals surface area contributed by atoms with Gasteiger partial charge in [0.25, 0.3) is 15.9 Å². The number of amides is 1. The normalized spacial score (nSPS) is 11.1. The van der Waals surface area contributed by atoms with Crippen LogP contribution in [-0.4, -0.2) is 20.9 Å². The van der Waals surface area contributed by atoms with Gasteiger partial charge in [-0.15, -0.1) is 0 Å². The average Bonchev–Trinajstić information content (AvgIpc) is 2.74. The van der Waals surface area contributed by atoms with E-state index in [1.807, 2.05) is 38.1 Å². The minimum Gasteiger partial charge on any atom is -0.484 e. The molecular formula is C24H25ClN2O4S. The maximum Gasteiger partial charge on any atom is 0.261 e. The Morgan fingerprint density at radius 2 is 1.69 bits per heavy atom. The Morgan fingerprint density at radius 3 is 2.38 bits per heavy atom. The summed E-state index contributed by atoms with van der Waals surface area (Å²) in [4.78, 5) is 12.2. The molecule has 0 bridgehead atoms. The quantitative estimate of drug-likeness (QED) is 0.495. The van der Waals surface area contributed by atoms with E-state index in [2.05, 4.69) is 10.0 Å². The van der Waals surface area contributed by atoms with Crippen molar-refractivity contribution in [2.45, 2.75) is 32.2 Å². The lowest BCUT2D eigenvalue weighted by molar-refractivity contribution is -0.123. The molecule has 0 heterocycles. The summed E-state index contributed by atoms with van der Waals surface area (Å²) < 4.78 is 33.7. The number of carbonyl (C=O) groups excluding carboxylic acids is 1. The second-order valence-electron chi connectivity index (χ2n) is 7.49. The van der Waals surface area contributed by atoms with E-state index >= 15 is 0 Å². The van der Waals surface area contributed by atoms with Gasteiger partial charge in [0.1, 0.15) is 5.75 Å². The number of benzene rings is 3. The van der Waals surface area contributed by atoms with Crippen LogP contribution in [0.15, 0.2) is 65.6 Å². The smallest absolute Gasteiger partial charge is 0.261 e. The van der Waals surface area contributed by atoms with Crippen molar-refractivity contribution in [1.29, 1.82) is 0 Å². The molecule has 0 aliphatic rings. The zero-order valence-electron chi connectivity index (χ0n) is 18.1. The first-order valence-corrected chi connectivity index (χ1v) is 11.9. The molecule has 0 radical (unpaired) electrons. The van der Waals surface area contributed by atoms with Crippen LogP contribution in [0.4, 0.5) is 5.69 Å². The predicted molar refractivity (Wildman–Crippen MR) is 127 cm³/mol. The summed E-state index contributed by atoms with van der Waals surface area (Å²) in [6.45, 7) is 5.72. The molecule has 0 aliphatic carbocycles. The summed E-state index contributed by atoms with van der Waals surface area (Å²) in [5.41, 5.74) is 4.00. The van der Waals surface area contributed by atoms with Crippen LogP contribution in [0.3, 0.4) is 0 Å². The van der Waals surface area contributed by atoms with Gasteiger partial charge < -0.3 is 10.1 Å². The molecule has 3 rings (SSSR count). The zero-order chi connectivity index (χ0) is 23.3. The SMILES string of the molecule is Cc1ccc(NS(=O)(=O)c2ccc(OCC(=O)NCc3ccccc3Cl)c(C)c2)cc1C. The van der Waals surface area contributed by atoms with E-state index in [-0.39, 0.29) is 17.4 Å². The second-order valence-corrected chi connectivity index (χ2v) is 9.58.